The molecule has 0 saturated carbocycles. The summed E-state index contributed by atoms with van der Waals surface area (Å²) in [6.45, 7) is 2.63. The second-order valence-electron chi connectivity index (χ2n) is 3.72. The van der Waals surface area contributed by atoms with E-state index in [0.29, 0.717) is 6.54 Å². The third kappa shape index (κ3) is 4.39. The lowest BCUT2D eigenvalue weighted by Gasteiger charge is -2.10. The van der Waals surface area contributed by atoms with Gasteiger partial charge >= 0.3 is 0 Å². The van der Waals surface area contributed by atoms with Crippen molar-refractivity contribution in [1.29, 1.82) is 0 Å². The molecule has 16 heavy (non-hydrogen) atoms. The number of aromatic amines is 1. The van der Waals surface area contributed by atoms with Crippen LogP contribution in [0.2, 0.25) is 0 Å². The number of H-pyrrole nitrogens is 1. The van der Waals surface area contributed by atoms with Gasteiger partial charge < -0.3 is 11.1 Å². The molecule has 0 fully saturated rings. The van der Waals surface area contributed by atoms with Crippen molar-refractivity contribution in [3.05, 3.63) is 12.2 Å². The molecule has 1 heterocycles. The molecule has 0 aromatic carbocycles. The summed E-state index contributed by atoms with van der Waals surface area (Å²) in [5.74, 6) is 0.770. The van der Waals surface area contributed by atoms with E-state index in [1.165, 1.54) is 6.33 Å². The van der Waals surface area contributed by atoms with Gasteiger partial charge in [-0.3, -0.25) is 9.89 Å². The quantitative estimate of drug-likeness (QED) is 0.568. The third-order valence-corrected chi connectivity index (χ3v) is 2.29. The van der Waals surface area contributed by atoms with E-state index in [2.05, 4.69) is 20.5 Å². The minimum atomic E-state index is -0.379. The highest BCUT2D eigenvalue weighted by molar-refractivity contribution is 5.81. The van der Waals surface area contributed by atoms with Gasteiger partial charge in [-0.25, -0.2) is 4.98 Å². The Morgan fingerprint density at radius 1 is 1.69 bits per heavy atom. The van der Waals surface area contributed by atoms with Crippen molar-refractivity contribution in [1.82, 2.24) is 20.5 Å². The number of aromatic nitrogens is 3. The van der Waals surface area contributed by atoms with Gasteiger partial charge in [0.2, 0.25) is 5.91 Å². The summed E-state index contributed by atoms with van der Waals surface area (Å²) in [6, 6.07) is -0.379. The fraction of sp³-hybridized carbons (Fsp3) is 0.700. The number of nitrogens with one attached hydrogen (secondary N) is 2. The number of rotatable bonds is 7. The number of carbonyl (C=O) groups is 1. The summed E-state index contributed by atoms with van der Waals surface area (Å²) in [5, 5.41) is 9.32. The largest absolute Gasteiger partial charge is 0.355 e. The summed E-state index contributed by atoms with van der Waals surface area (Å²) in [7, 11) is 0. The lowest BCUT2D eigenvalue weighted by molar-refractivity contribution is -0.122. The molecule has 0 radical (unpaired) electrons. The summed E-state index contributed by atoms with van der Waals surface area (Å²) in [4.78, 5) is 15.4. The first-order valence-electron chi connectivity index (χ1n) is 5.61. The van der Waals surface area contributed by atoms with E-state index in [9.17, 15) is 4.79 Å². The standard InChI is InChI=1S/C10H19N5O/c1-2-4-8(11)10(16)12-6-3-5-9-13-7-14-15-9/h7-8H,2-6,11H2,1H3,(H,12,16)(H,13,14,15)/t8-/m1/s1. The van der Waals surface area contributed by atoms with Crippen LogP contribution in [0.3, 0.4) is 0 Å². The fourth-order valence-corrected chi connectivity index (χ4v) is 1.39. The molecule has 6 nitrogen and oxygen atoms in total. The van der Waals surface area contributed by atoms with Crippen molar-refractivity contribution >= 4 is 5.91 Å². The normalized spacial score (nSPS) is 12.4. The summed E-state index contributed by atoms with van der Waals surface area (Å²) in [6.07, 6.45) is 4.74. The summed E-state index contributed by atoms with van der Waals surface area (Å²) in [5.41, 5.74) is 5.66. The molecule has 0 aliphatic heterocycles. The first-order chi connectivity index (χ1) is 7.74. The minimum Gasteiger partial charge on any atom is -0.355 e. The zero-order valence-corrected chi connectivity index (χ0v) is 9.57. The van der Waals surface area contributed by atoms with E-state index in [1.54, 1.807) is 0 Å². The highest BCUT2D eigenvalue weighted by Gasteiger charge is 2.10. The van der Waals surface area contributed by atoms with Gasteiger partial charge in [0.05, 0.1) is 6.04 Å². The smallest absolute Gasteiger partial charge is 0.236 e. The molecule has 1 aromatic rings. The molecular formula is C10H19N5O. The molecule has 6 heteroatoms. The predicted molar refractivity (Wildman–Crippen MR) is 60.6 cm³/mol. The van der Waals surface area contributed by atoms with Gasteiger partial charge in [0.1, 0.15) is 12.2 Å². The maximum Gasteiger partial charge on any atom is 0.236 e. The second-order valence-corrected chi connectivity index (χ2v) is 3.72. The number of nitrogens with zero attached hydrogens (tertiary/aromatic N) is 2. The van der Waals surface area contributed by atoms with Crippen LogP contribution >= 0.6 is 0 Å². The van der Waals surface area contributed by atoms with Gasteiger partial charge in [-0.15, -0.1) is 0 Å². The van der Waals surface area contributed by atoms with Crippen LogP contribution in [0.1, 0.15) is 32.0 Å². The van der Waals surface area contributed by atoms with Crippen LogP contribution < -0.4 is 11.1 Å². The number of hydrogen-bond acceptors (Lipinski definition) is 4. The van der Waals surface area contributed by atoms with Crippen molar-refractivity contribution in [2.45, 2.75) is 38.6 Å². The van der Waals surface area contributed by atoms with Gasteiger partial charge in [0, 0.05) is 13.0 Å². The van der Waals surface area contributed by atoms with Crippen molar-refractivity contribution in [2.75, 3.05) is 6.54 Å². The lowest BCUT2D eigenvalue weighted by atomic mass is 10.1. The van der Waals surface area contributed by atoms with Gasteiger partial charge in [-0.2, -0.15) is 5.10 Å². The Bertz CT molecular complexity index is 298. The topological polar surface area (TPSA) is 96.7 Å². The van der Waals surface area contributed by atoms with Gasteiger partial charge in [-0.1, -0.05) is 13.3 Å². The van der Waals surface area contributed by atoms with Crippen molar-refractivity contribution in [2.24, 2.45) is 5.73 Å². The van der Waals surface area contributed by atoms with Crippen LogP contribution in [-0.2, 0) is 11.2 Å². The van der Waals surface area contributed by atoms with Crippen LogP contribution in [0, 0.1) is 0 Å². The Labute approximate surface area is 95.0 Å². The van der Waals surface area contributed by atoms with Gasteiger partial charge in [0.25, 0.3) is 0 Å². The molecule has 90 valence electrons. The molecule has 0 spiro atoms. The number of amides is 1. The Hall–Kier alpha value is -1.43. The van der Waals surface area contributed by atoms with Crippen LogP contribution in [0.5, 0.6) is 0 Å². The SMILES string of the molecule is CCC[C@@H](N)C(=O)NCCCc1ncn[nH]1. The first kappa shape index (κ1) is 12.6. The average molecular weight is 225 g/mol. The fourth-order valence-electron chi connectivity index (χ4n) is 1.39. The summed E-state index contributed by atoms with van der Waals surface area (Å²) >= 11 is 0. The Kier molecular flexibility index (Phi) is 5.49. The maximum atomic E-state index is 11.4. The molecule has 1 rings (SSSR count). The van der Waals surface area contributed by atoms with Gasteiger partial charge in [-0.05, 0) is 12.8 Å². The Morgan fingerprint density at radius 2 is 2.50 bits per heavy atom. The minimum absolute atomic E-state index is 0.0700. The van der Waals surface area contributed by atoms with E-state index >= 15 is 0 Å². The van der Waals surface area contributed by atoms with E-state index in [0.717, 1.165) is 31.5 Å². The zero-order chi connectivity index (χ0) is 11.8. The number of hydrogen-bond donors (Lipinski definition) is 3. The summed E-state index contributed by atoms with van der Waals surface area (Å²) < 4.78 is 0. The van der Waals surface area contributed by atoms with E-state index in [-0.39, 0.29) is 11.9 Å². The molecule has 0 bridgehead atoms. The Morgan fingerprint density at radius 3 is 3.12 bits per heavy atom. The molecular weight excluding hydrogens is 206 g/mol. The molecule has 0 aliphatic carbocycles. The number of aryl methyl sites for hydroxylation is 1. The van der Waals surface area contributed by atoms with E-state index < -0.39 is 0 Å². The van der Waals surface area contributed by atoms with Crippen LogP contribution in [0.15, 0.2) is 6.33 Å². The maximum absolute atomic E-state index is 11.4. The second kappa shape index (κ2) is 6.95. The first-order valence-corrected chi connectivity index (χ1v) is 5.61. The zero-order valence-electron chi connectivity index (χ0n) is 9.57. The molecule has 0 saturated heterocycles. The molecule has 1 aromatic heterocycles. The molecule has 0 aliphatic rings. The number of carbonyl (C=O) groups excluding carboxylic acids is 1. The molecule has 4 N–H and O–H groups in total. The third-order valence-electron chi connectivity index (χ3n) is 2.29. The predicted octanol–water partition coefficient (Wildman–Crippen LogP) is -0.0191. The molecule has 1 amide bonds. The number of nitrogens with two attached hydrogens (primary N) is 1. The Balaban J connectivity index is 2.08. The molecule has 1 atom stereocenters. The highest BCUT2D eigenvalue weighted by atomic mass is 16.2. The molecule has 0 unspecified atom stereocenters. The van der Waals surface area contributed by atoms with E-state index in [4.69, 9.17) is 5.73 Å². The lowest BCUT2D eigenvalue weighted by Crippen LogP contribution is -2.40. The van der Waals surface area contributed by atoms with Crippen LogP contribution in [-0.4, -0.2) is 33.7 Å². The van der Waals surface area contributed by atoms with Crippen molar-refractivity contribution in [3.8, 4) is 0 Å². The van der Waals surface area contributed by atoms with Crippen molar-refractivity contribution in [3.63, 3.8) is 0 Å². The van der Waals surface area contributed by atoms with Crippen LogP contribution in [0.4, 0.5) is 0 Å². The monoisotopic (exact) mass is 225 g/mol. The average Bonchev–Trinajstić information content (AvgIpc) is 2.77. The van der Waals surface area contributed by atoms with Crippen LogP contribution in [0.25, 0.3) is 0 Å². The highest BCUT2D eigenvalue weighted by Crippen LogP contribution is 1.94. The van der Waals surface area contributed by atoms with E-state index in [1.807, 2.05) is 6.92 Å². The van der Waals surface area contributed by atoms with Gasteiger partial charge in [0.15, 0.2) is 0 Å². The van der Waals surface area contributed by atoms with Crippen molar-refractivity contribution < 1.29 is 4.79 Å².